The molecule has 0 amide bonds. The second-order valence-corrected chi connectivity index (χ2v) is 17.7. The summed E-state index contributed by atoms with van der Waals surface area (Å²) in [5.41, 5.74) is 12.3. The number of hydrogen-bond donors (Lipinski definition) is 0. The van der Waals surface area contributed by atoms with Crippen molar-refractivity contribution in [1.82, 2.24) is 0 Å². The highest BCUT2D eigenvalue weighted by molar-refractivity contribution is 5.80. The average Bonchev–Trinajstić information content (AvgIpc) is 3.12. The van der Waals surface area contributed by atoms with E-state index in [1.165, 1.54) is 89.7 Å². The molecule has 5 aliphatic carbocycles. The van der Waals surface area contributed by atoms with Crippen molar-refractivity contribution in [2.45, 2.75) is 88.9 Å². The molecule has 0 N–H and O–H groups in total. The van der Waals surface area contributed by atoms with Crippen LogP contribution in [0.3, 0.4) is 0 Å². The summed E-state index contributed by atoms with van der Waals surface area (Å²) in [5.74, 6) is 5.21. The summed E-state index contributed by atoms with van der Waals surface area (Å²) in [6.45, 7) is 9.68. The zero-order valence-corrected chi connectivity index (χ0v) is 30.1. The minimum Gasteiger partial charge on any atom is -0.457 e. The smallest absolute Gasteiger partial charge is 0.133 e. The van der Waals surface area contributed by atoms with Gasteiger partial charge in [-0.25, -0.2) is 0 Å². The molecule has 11 rings (SSSR count). The predicted molar refractivity (Wildman–Crippen MR) is 206 cm³/mol. The summed E-state index contributed by atoms with van der Waals surface area (Å²) in [6.07, 6.45) is 9.26. The number of rotatable bonds is 4. The highest BCUT2D eigenvalue weighted by Crippen LogP contribution is 2.69. The van der Waals surface area contributed by atoms with Crippen molar-refractivity contribution in [1.29, 1.82) is 0 Å². The molecule has 0 unspecified atom stereocenters. The third-order valence-corrected chi connectivity index (χ3v) is 14.0. The van der Waals surface area contributed by atoms with E-state index < -0.39 is 0 Å². The third-order valence-electron chi connectivity index (χ3n) is 14.0. The van der Waals surface area contributed by atoms with Gasteiger partial charge >= 0.3 is 0 Å². The maximum Gasteiger partial charge on any atom is 0.133 e. The third kappa shape index (κ3) is 4.46. The van der Waals surface area contributed by atoms with Crippen LogP contribution in [0.25, 0.3) is 11.1 Å². The van der Waals surface area contributed by atoms with Crippen LogP contribution in [-0.2, 0) is 16.2 Å². The maximum atomic E-state index is 7.09. The second kappa shape index (κ2) is 10.8. The SMILES string of the molecule is CC1(C)CCC(C)(C)c2cc(N(c3ccccc3)c3ccc4c(c3)Oc3ccc(-c5ccccc5)cc3C43C4CC5CC(C4)CC3C5)ccc21. The van der Waals surface area contributed by atoms with Gasteiger partial charge in [0.1, 0.15) is 11.5 Å². The summed E-state index contributed by atoms with van der Waals surface area (Å²) in [5, 5.41) is 0. The molecule has 4 saturated carbocycles. The van der Waals surface area contributed by atoms with Crippen LogP contribution in [0, 0.1) is 23.7 Å². The van der Waals surface area contributed by atoms with Gasteiger partial charge in [0.2, 0.25) is 0 Å². The molecule has 50 heavy (non-hydrogen) atoms. The van der Waals surface area contributed by atoms with Crippen molar-refractivity contribution in [3.63, 3.8) is 0 Å². The van der Waals surface area contributed by atoms with Crippen LogP contribution in [0.1, 0.15) is 94.9 Å². The first-order chi connectivity index (χ1) is 24.2. The van der Waals surface area contributed by atoms with Gasteiger partial charge in [0.05, 0.1) is 0 Å². The van der Waals surface area contributed by atoms with Crippen LogP contribution in [0.15, 0.2) is 115 Å². The van der Waals surface area contributed by atoms with E-state index in [1.807, 2.05) is 0 Å². The van der Waals surface area contributed by atoms with Crippen molar-refractivity contribution < 1.29 is 4.74 Å². The van der Waals surface area contributed by atoms with Crippen molar-refractivity contribution in [3.05, 3.63) is 138 Å². The molecular weight excluding hydrogens is 607 g/mol. The lowest BCUT2D eigenvalue weighted by Gasteiger charge is -2.63. The molecule has 0 atom stereocenters. The zero-order valence-electron chi connectivity index (χ0n) is 30.1. The average molecular weight is 656 g/mol. The first-order valence-corrected chi connectivity index (χ1v) is 19.2. The van der Waals surface area contributed by atoms with Gasteiger partial charge in [-0.15, -0.1) is 0 Å². The topological polar surface area (TPSA) is 12.5 Å². The van der Waals surface area contributed by atoms with Crippen molar-refractivity contribution in [3.8, 4) is 22.6 Å². The van der Waals surface area contributed by atoms with Gasteiger partial charge in [0.15, 0.2) is 0 Å². The Morgan fingerprint density at radius 3 is 1.76 bits per heavy atom. The summed E-state index contributed by atoms with van der Waals surface area (Å²) in [6, 6.07) is 43.4. The Balaban J connectivity index is 1.15. The number of fused-ring (bicyclic) bond motifs is 3. The van der Waals surface area contributed by atoms with Gasteiger partial charge in [-0.1, -0.05) is 94.4 Å². The van der Waals surface area contributed by atoms with Crippen LogP contribution in [0.2, 0.25) is 0 Å². The number of nitrogens with zero attached hydrogens (tertiary/aromatic N) is 1. The highest BCUT2D eigenvalue weighted by atomic mass is 16.5. The van der Waals surface area contributed by atoms with Crippen LogP contribution in [0.5, 0.6) is 11.5 Å². The van der Waals surface area contributed by atoms with Gasteiger partial charge in [0, 0.05) is 39.7 Å². The molecule has 0 saturated heterocycles. The van der Waals surface area contributed by atoms with Crippen molar-refractivity contribution in [2.75, 3.05) is 4.90 Å². The fourth-order valence-corrected chi connectivity index (χ4v) is 11.6. The Hall–Kier alpha value is -4.30. The van der Waals surface area contributed by atoms with Gasteiger partial charge in [-0.3, -0.25) is 0 Å². The fraction of sp³-hybridized carbons (Fsp3) is 0.375. The molecule has 1 spiro atoms. The van der Waals surface area contributed by atoms with E-state index in [-0.39, 0.29) is 16.2 Å². The minimum atomic E-state index is -0.00133. The van der Waals surface area contributed by atoms with Crippen molar-refractivity contribution in [2.24, 2.45) is 23.7 Å². The molecule has 5 aromatic rings. The van der Waals surface area contributed by atoms with Gasteiger partial charge in [0.25, 0.3) is 0 Å². The summed E-state index contributed by atoms with van der Waals surface area (Å²) in [7, 11) is 0. The van der Waals surface area contributed by atoms with Gasteiger partial charge in [-0.2, -0.15) is 0 Å². The lowest BCUT2D eigenvalue weighted by molar-refractivity contribution is -0.0452. The van der Waals surface area contributed by atoms with E-state index in [4.69, 9.17) is 4.74 Å². The van der Waals surface area contributed by atoms with E-state index in [0.29, 0.717) is 11.8 Å². The zero-order chi connectivity index (χ0) is 33.8. The highest BCUT2D eigenvalue weighted by Gasteiger charge is 2.61. The number of hydrogen-bond acceptors (Lipinski definition) is 2. The predicted octanol–water partition coefficient (Wildman–Crippen LogP) is 13.0. The van der Waals surface area contributed by atoms with E-state index >= 15 is 0 Å². The van der Waals surface area contributed by atoms with E-state index in [0.717, 1.165) is 29.0 Å². The minimum absolute atomic E-state index is 0.00133. The lowest BCUT2D eigenvalue weighted by Crippen LogP contribution is -2.57. The molecule has 2 nitrogen and oxygen atoms in total. The Labute approximate surface area is 298 Å². The quantitative estimate of drug-likeness (QED) is 0.191. The Morgan fingerprint density at radius 2 is 1.08 bits per heavy atom. The van der Waals surface area contributed by atoms with Gasteiger partial charge in [-0.05, 0) is 144 Å². The van der Waals surface area contributed by atoms with Crippen LogP contribution in [-0.4, -0.2) is 0 Å². The molecule has 252 valence electrons. The first kappa shape index (κ1) is 30.5. The molecule has 1 aliphatic heterocycles. The Bertz CT molecular complexity index is 2080. The first-order valence-electron chi connectivity index (χ1n) is 19.2. The van der Waals surface area contributed by atoms with Crippen LogP contribution >= 0.6 is 0 Å². The Kier molecular flexibility index (Phi) is 6.62. The maximum absolute atomic E-state index is 7.09. The van der Waals surface area contributed by atoms with Gasteiger partial charge < -0.3 is 9.64 Å². The fourth-order valence-electron chi connectivity index (χ4n) is 11.6. The molecule has 6 aliphatic rings. The molecular formula is C48H49NO. The molecule has 0 aromatic heterocycles. The summed E-state index contributed by atoms with van der Waals surface area (Å²) >= 11 is 0. The molecule has 1 heterocycles. The largest absolute Gasteiger partial charge is 0.457 e. The summed E-state index contributed by atoms with van der Waals surface area (Å²) < 4.78 is 7.09. The molecule has 5 aromatic carbocycles. The standard InChI is InChI=1S/C48H49NO/c1-46(2)21-22-47(3,4)42-29-38(16-18-40(42)46)49(37-13-9-6-10-14-37)39-17-19-41-45(30-39)50-44-20-15-34(33-11-7-5-8-12-33)28-43(44)48(41)35-24-31-23-32(26-35)27-36(48)25-31/h5-20,28-32,35-36H,21-27H2,1-4H3. The van der Waals surface area contributed by atoms with Crippen LogP contribution < -0.4 is 9.64 Å². The van der Waals surface area contributed by atoms with E-state index in [1.54, 1.807) is 0 Å². The normalized spacial score (nSPS) is 27.6. The number of ether oxygens (including phenoxy) is 1. The Morgan fingerprint density at radius 1 is 0.480 bits per heavy atom. The molecule has 0 radical (unpaired) electrons. The number of para-hydroxylation sites is 1. The second-order valence-electron chi connectivity index (χ2n) is 17.7. The number of anilines is 3. The molecule has 2 heteroatoms. The number of benzene rings is 5. The molecule has 4 fully saturated rings. The van der Waals surface area contributed by atoms with Crippen LogP contribution in [0.4, 0.5) is 17.1 Å². The summed E-state index contributed by atoms with van der Waals surface area (Å²) in [4.78, 5) is 2.46. The molecule has 4 bridgehead atoms. The van der Waals surface area contributed by atoms with E-state index in [2.05, 4.69) is 148 Å². The van der Waals surface area contributed by atoms with Crippen molar-refractivity contribution >= 4 is 17.1 Å². The monoisotopic (exact) mass is 655 g/mol. The lowest BCUT2D eigenvalue weighted by atomic mass is 9.41. The van der Waals surface area contributed by atoms with E-state index in [9.17, 15) is 0 Å².